The molecule has 0 aliphatic carbocycles. The van der Waals surface area contributed by atoms with Crippen molar-refractivity contribution >= 4 is 0 Å². The molecule has 0 aliphatic rings. The Hall–Kier alpha value is -2.16. The Morgan fingerprint density at radius 2 is 1.28 bits per heavy atom. The van der Waals surface area contributed by atoms with Crippen LogP contribution in [-0.4, -0.2) is 17.3 Å². The molecule has 3 nitrogen and oxygen atoms in total. The van der Waals surface area contributed by atoms with Gasteiger partial charge in [-0.1, -0.05) is 75.8 Å². The van der Waals surface area contributed by atoms with Gasteiger partial charge in [-0.15, -0.1) is 0 Å². The molecule has 0 heterocycles. The lowest BCUT2D eigenvalue weighted by molar-refractivity contribution is 0.359. The van der Waals surface area contributed by atoms with Gasteiger partial charge in [0.2, 0.25) is 0 Å². The molecule has 0 fully saturated rings. The summed E-state index contributed by atoms with van der Waals surface area (Å²) in [6.07, 6.45) is 12.6. The zero-order valence-electron chi connectivity index (χ0n) is 18.5. The lowest BCUT2D eigenvalue weighted by atomic mass is 9.94. The van der Waals surface area contributed by atoms with Crippen LogP contribution in [0.5, 0.6) is 17.2 Å². The minimum atomic E-state index is 0.174. The Bertz CT molecular complexity index is 738. The number of hydrogen-bond donors (Lipinski definition) is 2. The molecule has 0 aromatic heterocycles. The van der Waals surface area contributed by atoms with Crippen LogP contribution in [0.15, 0.2) is 30.3 Å². The first-order chi connectivity index (χ1) is 14.1. The number of phenolic OH excluding ortho intramolecular Hbond substituents is 2. The van der Waals surface area contributed by atoms with Gasteiger partial charge in [0.1, 0.15) is 5.75 Å². The van der Waals surface area contributed by atoms with Crippen molar-refractivity contribution in [1.29, 1.82) is 0 Å². The maximum Gasteiger partial charge on any atom is 0.167 e. The molecule has 0 unspecified atom stereocenters. The number of methoxy groups -OCH3 is 1. The second kappa shape index (κ2) is 12.4. The summed E-state index contributed by atoms with van der Waals surface area (Å²) in [5.74, 6) is 0.893. The number of benzene rings is 2. The second-order valence-electron chi connectivity index (χ2n) is 7.98. The largest absolute Gasteiger partial charge is 0.507 e. The first-order valence-corrected chi connectivity index (χ1v) is 11.2. The van der Waals surface area contributed by atoms with Crippen molar-refractivity contribution < 1.29 is 14.9 Å². The Kier molecular flexibility index (Phi) is 9.90. The lowest BCUT2D eigenvalue weighted by Crippen LogP contribution is -2.00. The summed E-state index contributed by atoms with van der Waals surface area (Å²) in [5.41, 5.74) is 3.78. The lowest BCUT2D eigenvalue weighted by Gasteiger charge is -2.18. The van der Waals surface area contributed by atoms with Gasteiger partial charge >= 0.3 is 0 Å². The Morgan fingerprint density at radius 3 is 1.83 bits per heavy atom. The van der Waals surface area contributed by atoms with Crippen molar-refractivity contribution in [3.8, 4) is 17.2 Å². The average Bonchev–Trinajstić information content (AvgIpc) is 2.74. The van der Waals surface area contributed by atoms with Gasteiger partial charge in [0.15, 0.2) is 11.5 Å². The van der Waals surface area contributed by atoms with Crippen LogP contribution >= 0.6 is 0 Å². The summed E-state index contributed by atoms with van der Waals surface area (Å²) in [7, 11) is 1.54. The number of hydrogen-bond acceptors (Lipinski definition) is 3. The van der Waals surface area contributed by atoms with E-state index >= 15 is 0 Å². The van der Waals surface area contributed by atoms with Gasteiger partial charge in [0.25, 0.3) is 0 Å². The van der Waals surface area contributed by atoms with Crippen LogP contribution < -0.4 is 4.74 Å². The highest BCUT2D eigenvalue weighted by molar-refractivity contribution is 5.61. The first kappa shape index (κ1) is 23.1. The second-order valence-corrected chi connectivity index (χ2v) is 7.98. The molecule has 0 spiro atoms. The van der Waals surface area contributed by atoms with Crippen molar-refractivity contribution in [1.82, 2.24) is 0 Å². The van der Waals surface area contributed by atoms with Crippen molar-refractivity contribution in [2.75, 3.05) is 7.11 Å². The summed E-state index contributed by atoms with van der Waals surface area (Å²) < 4.78 is 5.30. The van der Waals surface area contributed by atoms with Gasteiger partial charge in [-0.2, -0.15) is 0 Å². The highest BCUT2D eigenvalue weighted by Crippen LogP contribution is 2.43. The highest BCUT2D eigenvalue weighted by atomic mass is 16.5. The molecular weight excluding hydrogens is 360 g/mol. The van der Waals surface area contributed by atoms with E-state index in [1.54, 1.807) is 0 Å². The molecule has 2 aromatic rings. The van der Waals surface area contributed by atoms with Crippen LogP contribution in [-0.2, 0) is 19.3 Å². The van der Waals surface area contributed by atoms with Gasteiger partial charge in [-0.25, -0.2) is 0 Å². The number of aromatic hydroxyl groups is 2. The molecule has 0 amide bonds. The van der Waals surface area contributed by atoms with E-state index < -0.39 is 0 Å². The fraction of sp³-hybridized carbons (Fsp3) is 0.538. The number of unbranched alkanes of at least 4 members (excludes halogenated alkanes) is 7. The predicted octanol–water partition coefficient (Wildman–Crippen LogP) is 6.88. The van der Waals surface area contributed by atoms with Crippen molar-refractivity contribution in [2.24, 2.45) is 0 Å². The highest BCUT2D eigenvalue weighted by Gasteiger charge is 2.20. The normalized spacial score (nSPS) is 11.0. The SMILES string of the molecule is CCc1c(O)c(CCCCCCCCCCc2ccccc2)c(C)c(O)c1OC. The van der Waals surface area contributed by atoms with Gasteiger partial charge in [0, 0.05) is 16.7 Å². The average molecular weight is 399 g/mol. The van der Waals surface area contributed by atoms with Crippen molar-refractivity contribution in [3.05, 3.63) is 52.6 Å². The summed E-state index contributed by atoms with van der Waals surface area (Å²) in [6.45, 7) is 3.83. The number of ether oxygens (including phenoxy) is 1. The van der Waals surface area contributed by atoms with Gasteiger partial charge < -0.3 is 14.9 Å². The van der Waals surface area contributed by atoms with Gasteiger partial charge in [-0.05, 0) is 44.6 Å². The number of aryl methyl sites for hydroxylation is 1. The monoisotopic (exact) mass is 398 g/mol. The standard InChI is InChI=1S/C26H38O3/c1-4-22-25(28)23(20(2)24(27)26(22)29-3)19-15-10-8-6-5-7-9-12-16-21-17-13-11-14-18-21/h11,13-14,17-18,27-28H,4-10,12,15-16,19H2,1-3H3. The zero-order chi connectivity index (χ0) is 21.1. The minimum Gasteiger partial charge on any atom is -0.507 e. The van der Waals surface area contributed by atoms with Crippen LogP contribution in [0.2, 0.25) is 0 Å². The van der Waals surface area contributed by atoms with Crippen molar-refractivity contribution in [3.63, 3.8) is 0 Å². The Morgan fingerprint density at radius 1 is 0.724 bits per heavy atom. The molecule has 2 aromatic carbocycles. The van der Waals surface area contributed by atoms with E-state index in [0.717, 1.165) is 30.4 Å². The van der Waals surface area contributed by atoms with Crippen LogP contribution in [0.1, 0.15) is 80.5 Å². The van der Waals surface area contributed by atoms with E-state index in [1.807, 2.05) is 13.8 Å². The fourth-order valence-corrected chi connectivity index (χ4v) is 4.11. The summed E-state index contributed by atoms with van der Waals surface area (Å²) >= 11 is 0. The zero-order valence-corrected chi connectivity index (χ0v) is 18.5. The van der Waals surface area contributed by atoms with Crippen molar-refractivity contribution in [2.45, 2.75) is 84.5 Å². The van der Waals surface area contributed by atoms with Gasteiger partial charge in [-0.3, -0.25) is 0 Å². The maximum atomic E-state index is 10.6. The molecule has 3 heteroatoms. The Balaban J connectivity index is 1.64. The topological polar surface area (TPSA) is 49.7 Å². The first-order valence-electron chi connectivity index (χ1n) is 11.2. The molecule has 160 valence electrons. The summed E-state index contributed by atoms with van der Waals surface area (Å²) in [4.78, 5) is 0. The van der Waals surface area contributed by atoms with Gasteiger partial charge in [0.05, 0.1) is 7.11 Å². The van der Waals surface area contributed by atoms with E-state index in [2.05, 4.69) is 30.3 Å². The van der Waals surface area contributed by atoms with E-state index in [9.17, 15) is 10.2 Å². The summed E-state index contributed by atoms with van der Waals surface area (Å²) in [5, 5.41) is 21.0. The molecule has 0 saturated carbocycles. The number of rotatable bonds is 13. The Labute approximate surface area is 176 Å². The molecule has 0 saturated heterocycles. The third kappa shape index (κ3) is 6.69. The molecule has 2 rings (SSSR count). The van der Waals surface area contributed by atoms with E-state index in [0.29, 0.717) is 23.5 Å². The molecule has 0 bridgehead atoms. The van der Waals surface area contributed by atoms with Crippen LogP contribution in [0.4, 0.5) is 0 Å². The molecule has 0 atom stereocenters. The number of phenols is 2. The third-order valence-corrected chi connectivity index (χ3v) is 5.91. The van der Waals surface area contributed by atoms with Crippen LogP contribution in [0, 0.1) is 6.92 Å². The van der Waals surface area contributed by atoms with E-state index in [-0.39, 0.29) is 5.75 Å². The maximum absolute atomic E-state index is 10.6. The molecular formula is C26H38O3. The third-order valence-electron chi connectivity index (χ3n) is 5.91. The predicted molar refractivity (Wildman–Crippen MR) is 121 cm³/mol. The molecule has 0 aliphatic heterocycles. The molecule has 0 radical (unpaired) electrons. The fourth-order valence-electron chi connectivity index (χ4n) is 4.11. The van der Waals surface area contributed by atoms with E-state index in [4.69, 9.17) is 4.74 Å². The quantitative estimate of drug-likeness (QED) is 0.285. The van der Waals surface area contributed by atoms with Crippen LogP contribution in [0.25, 0.3) is 0 Å². The molecule has 2 N–H and O–H groups in total. The smallest absolute Gasteiger partial charge is 0.167 e. The van der Waals surface area contributed by atoms with Crippen LogP contribution in [0.3, 0.4) is 0 Å². The minimum absolute atomic E-state index is 0.174. The van der Waals surface area contributed by atoms with E-state index in [1.165, 1.54) is 57.6 Å². The summed E-state index contributed by atoms with van der Waals surface area (Å²) in [6, 6.07) is 10.7. The molecule has 29 heavy (non-hydrogen) atoms.